The van der Waals surface area contributed by atoms with E-state index < -0.39 is 11.7 Å². The van der Waals surface area contributed by atoms with Gasteiger partial charge in [-0.25, -0.2) is 4.39 Å². The van der Waals surface area contributed by atoms with Crippen molar-refractivity contribution in [2.45, 2.75) is 6.18 Å². The Morgan fingerprint density at radius 2 is 1.21 bits per heavy atom. The van der Waals surface area contributed by atoms with Gasteiger partial charge in [0.25, 0.3) is 0 Å². The van der Waals surface area contributed by atoms with Gasteiger partial charge >= 0.3 is 6.18 Å². The first-order valence-corrected chi connectivity index (χ1v) is 7.45. The van der Waals surface area contributed by atoms with Crippen molar-refractivity contribution >= 4 is 11.6 Å². The summed E-state index contributed by atoms with van der Waals surface area (Å²) in [5.41, 5.74) is 1.74. The molecule has 0 aliphatic rings. The smallest absolute Gasteiger partial charge is 0.207 e. The topological polar surface area (TPSA) is 0 Å². The van der Waals surface area contributed by atoms with Gasteiger partial charge in [-0.05, 0) is 52.6 Å². The molecule has 3 aromatic rings. The van der Waals surface area contributed by atoms with Gasteiger partial charge in [-0.2, -0.15) is 13.2 Å². The molecule has 0 atom stereocenters. The molecule has 3 aromatic carbocycles. The zero-order chi connectivity index (χ0) is 17.3. The quantitative estimate of drug-likeness (QED) is 0.444. The molecule has 3 rings (SSSR count). The highest BCUT2D eigenvalue weighted by Gasteiger charge is 2.33. The Kier molecular flexibility index (Phi) is 4.33. The Labute approximate surface area is 141 Å². The summed E-state index contributed by atoms with van der Waals surface area (Å²) in [6.07, 6.45) is -4.51. The van der Waals surface area contributed by atoms with Crippen LogP contribution in [0, 0.1) is 5.82 Å². The summed E-state index contributed by atoms with van der Waals surface area (Å²) in [6.45, 7) is 0. The summed E-state index contributed by atoms with van der Waals surface area (Å²) in [5.74, 6) is -0.345. The van der Waals surface area contributed by atoms with Crippen molar-refractivity contribution in [1.29, 1.82) is 0 Å². The first-order valence-electron chi connectivity index (χ1n) is 7.08. The Balaban J connectivity index is 2.05. The largest absolute Gasteiger partial charge is 0.417 e. The molecule has 0 spiro atoms. The third-order valence-corrected chi connectivity index (χ3v) is 3.97. The normalized spacial score (nSPS) is 11.5. The monoisotopic (exact) mass is 350 g/mol. The second kappa shape index (κ2) is 6.29. The maximum atomic E-state index is 13.0. The Morgan fingerprint density at radius 1 is 0.667 bits per heavy atom. The lowest BCUT2D eigenvalue weighted by molar-refractivity contribution is -0.137. The number of alkyl halides is 3. The van der Waals surface area contributed by atoms with E-state index in [0.717, 1.165) is 17.2 Å². The van der Waals surface area contributed by atoms with Crippen LogP contribution >= 0.6 is 11.6 Å². The molecule has 122 valence electrons. The molecule has 0 saturated heterocycles. The van der Waals surface area contributed by atoms with Crippen molar-refractivity contribution in [2.75, 3.05) is 0 Å². The van der Waals surface area contributed by atoms with E-state index >= 15 is 0 Å². The summed E-state index contributed by atoms with van der Waals surface area (Å²) in [7, 11) is 0. The fourth-order valence-electron chi connectivity index (χ4n) is 2.44. The first kappa shape index (κ1) is 16.5. The summed E-state index contributed by atoms with van der Waals surface area (Å²) < 4.78 is 52.0. The van der Waals surface area contributed by atoms with Crippen LogP contribution in [0.15, 0.2) is 66.7 Å². The molecule has 0 nitrogen and oxygen atoms in total. The van der Waals surface area contributed by atoms with Crippen LogP contribution in [0.25, 0.3) is 22.3 Å². The van der Waals surface area contributed by atoms with Crippen molar-refractivity contribution < 1.29 is 17.6 Å². The van der Waals surface area contributed by atoms with Gasteiger partial charge in [0.2, 0.25) is 0 Å². The molecule has 5 heteroatoms. The highest BCUT2D eigenvalue weighted by Crippen LogP contribution is 2.37. The third-order valence-electron chi connectivity index (χ3n) is 3.65. The van der Waals surface area contributed by atoms with Crippen molar-refractivity contribution in [3.8, 4) is 22.3 Å². The van der Waals surface area contributed by atoms with Gasteiger partial charge in [-0.3, -0.25) is 0 Å². The molecular formula is C19H11ClF4. The van der Waals surface area contributed by atoms with Crippen LogP contribution in [0.1, 0.15) is 5.56 Å². The van der Waals surface area contributed by atoms with Gasteiger partial charge in [0.1, 0.15) is 5.82 Å². The minimum atomic E-state index is -4.51. The number of halogens is 5. The lowest BCUT2D eigenvalue weighted by Gasteiger charge is -2.12. The predicted octanol–water partition coefficient (Wildman–Crippen LogP) is 6.83. The fourth-order valence-corrected chi connectivity index (χ4v) is 2.67. The van der Waals surface area contributed by atoms with E-state index in [4.69, 9.17) is 11.6 Å². The molecule has 0 aromatic heterocycles. The maximum Gasteiger partial charge on any atom is 0.417 e. The highest BCUT2D eigenvalue weighted by molar-refractivity contribution is 6.31. The van der Waals surface area contributed by atoms with Crippen LogP contribution in [0.2, 0.25) is 5.02 Å². The molecule has 0 amide bonds. The molecule has 24 heavy (non-hydrogen) atoms. The average molecular weight is 351 g/mol. The van der Waals surface area contributed by atoms with Gasteiger partial charge in [0, 0.05) is 0 Å². The number of hydrogen-bond acceptors (Lipinski definition) is 0. The van der Waals surface area contributed by atoms with E-state index in [1.165, 1.54) is 18.2 Å². The van der Waals surface area contributed by atoms with Gasteiger partial charge in [0.15, 0.2) is 0 Å². The molecular weight excluding hydrogens is 340 g/mol. The number of hydrogen-bond donors (Lipinski definition) is 0. The maximum absolute atomic E-state index is 13.0. The molecule has 0 aliphatic carbocycles. The summed E-state index contributed by atoms with van der Waals surface area (Å²) >= 11 is 5.65. The average Bonchev–Trinajstić information content (AvgIpc) is 2.55. The molecule has 0 N–H and O–H groups in total. The Morgan fingerprint density at radius 3 is 1.83 bits per heavy atom. The lowest BCUT2D eigenvalue weighted by Crippen LogP contribution is -2.05. The second-order valence-corrected chi connectivity index (χ2v) is 5.69. The summed E-state index contributed by atoms with van der Waals surface area (Å²) in [6, 6.07) is 16.8. The molecule has 0 unspecified atom stereocenters. The molecule has 0 aliphatic heterocycles. The fraction of sp³-hybridized carbons (Fsp3) is 0.0526. The van der Waals surface area contributed by atoms with E-state index in [1.807, 2.05) is 6.07 Å². The molecule has 0 bridgehead atoms. The van der Waals surface area contributed by atoms with Crippen LogP contribution in [-0.2, 0) is 6.18 Å². The third kappa shape index (κ3) is 3.44. The molecule has 0 radical (unpaired) electrons. The van der Waals surface area contributed by atoms with Crippen LogP contribution < -0.4 is 0 Å². The van der Waals surface area contributed by atoms with Crippen LogP contribution in [-0.4, -0.2) is 0 Å². The summed E-state index contributed by atoms with van der Waals surface area (Å²) in [4.78, 5) is 0. The second-order valence-electron chi connectivity index (χ2n) is 5.28. The van der Waals surface area contributed by atoms with Crippen molar-refractivity contribution in [2.24, 2.45) is 0 Å². The van der Waals surface area contributed by atoms with Crippen LogP contribution in [0.4, 0.5) is 17.6 Å². The van der Waals surface area contributed by atoms with E-state index in [1.54, 1.807) is 36.4 Å². The SMILES string of the molecule is Fc1ccc(-c2cccc(-c3ccc(Cl)c(C(F)(F)F)c3)c2)cc1. The number of rotatable bonds is 2. The van der Waals surface area contributed by atoms with E-state index in [2.05, 4.69) is 0 Å². The highest BCUT2D eigenvalue weighted by atomic mass is 35.5. The van der Waals surface area contributed by atoms with Crippen molar-refractivity contribution in [3.05, 3.63) is 83.1 Å². The standard InChI is InChI=1S/C19H11ClF4/c20-18-9-6-15(11-17(18)19(22,23)24)14-3-1-2-13(10-14)12-4-7-16(21)8-5-12/h1-11H. The van der Waals surface area contributed by atoms with Crippen LogP contribution in [0.3, 0.4) is 0 Å². The first-order chi connectivity index (χ1) is 11.3. The van der Waals surface area contributed by atoms with Gasteiger partial charge < -0.3 is 0 Å². The number of benzene rings is 3. The zero-order valence-corrected chi connectivity index (χ0v) is 13.0. The summed E-state index contributed by atoms with van der Waals surface area (Å²) in [5, 5.41) is -0.332. The van der Waals surface area contributed by atoms with Gasteiger partial charge in [-0.15, -0.1) is 0 Å². The Hall–Kier alpha value is -2.33. The molecule has 0 saturated carbocycles. The van der Waals surface area contributed by atoms with Crippen LogP contribution in [0.5, 0.6) is 0 Å². The van der Waals surface area contributed by atoms with Gasteiger partial charge in [-0.1, -0.05) is 48.0 Å². The zero-order valence-electron chi connectivity index (χ0n) is 12.2. The van der Waals surface area contributed by atoms with E-state index in [0.29, 0.717) is 11.1 Å². The molecule has 0 heterocycles. The molecule has 0 fully saturated rings. The van der Waals surface area contributed by atoms with Gasteiger partial charge in [0.05, 0.1) is 10.6 Å². The lowest BCUT2D eigenvalue weighted by atomic mass is 9.98. The van der Waals surface area contributed by atoms with E-state index in [-0.39, 0.29) is 10.8 Å². The minimum Gasteiger partial charge on any atom is -0.207 e. The predicted molar refractivity (Wildman–Crippen MR) is 87.3 cm³/mol. The van der Waals surface area contributed by atoms with Crippen molar-refractivity contribution in [1.82, 2.24) is 0 Å². The Bertz CT molecular complexity index is 867. The minimum absolute atomic E-state index is 0.332. The van der Waals surface area contributed by atoms with E-state index in [9.17, 15) is 17.6 Å². The van der Waals surface area contributed by atoms with Crippen molar-refractivity contribution in [3.63, 3.8) is 0 Å².